The molecule has 0 aromatic rings. The highest BCUT2D eigenvalue weighted by Gasteiger charge is 2.27. The van der Waals surface area contributed by atoms with Crippen LogP contribution < -0.4 is 10.2 Å². The largest absolute Gasteiger partial charge is 0.756 e. The zero-order valence-corrected chi connectivity index (χ0v) is 52.2. The van der Waals surface area contributed by atoms with Gasteiger partial charge in [0.1, 0.15) is 19.3 Å². The lowest BCUT2D eigenvalue weighted by Crippen LogP contribution is -2.47. The van der Waals surface area contributed by atoms with Crippen LogP contribution in [-0.2, 0) is 27.9 Å². The fourth-order valence-electron chi connectivity index (χ4n) is 8.81. The summed E-state index contributed by atoms with van der Waals surface area (Å²) >= 11 is 0. The summed E-state index contributed by atoms with van der Waals surface area (Å²) in [6, 6.07) is -0.904. The summed E-state index contributed by atoms with van der Waals surface area (Å²) in [5, 5.41) is 3.01. The molecule has 1 amide bonds. The van der Waals surface area contributed by atoms with Crippen LogP contribution in [-0.4, -0.2) is 69.4 Å². The maximum Gasteiger partial charge on any atom is 0.306 e. The predicted octanol–water partition coefficient (Wildman–Crippen LogP) is 19.3. The predicted molar refractivity (Wildman–Crippen MR) is 334 cm³/mol. The lowest BCUT2D eigenvalue weighted by molar-refractivity contribution is -0.870. The molecule has 1 N–H and O–H groups in total. The maximum atomic E-state index is 13.5. The first-order chi connectivity index (χ1) is 37.9. The van der Waals surface area contributed by atoms with Crippen molar-refractivity contribution >= 4 is 19.7 Å². The molecule has 0 aliphatic rings. The summed E-state index contributed by atoms with van der Waals surface area (Å²) in [6.07, 6.45) is 76.7. The van der Waals surface area contributed by atoms with Crippen LogP contribution in [0.25, 0.3) is 0 Å². The molecule has 0 fully saturated rings. The van der Waals surface area contributed by atoms with Gasteiger partial charge in [-0.2, -0.15) is 0 Å². The Bertz CT molecular complexity index is 1660. The number of esters is 1. The number of quaternary nitrogens is 1. The number of hydrogen-bond acceptors (Lipinski definition) is 7. The van der Waals surface area contributed by atoms with Crippen molar-refractivity contribution in [2.45, 2.75) is 283 Å². The number of hydrogen-bond donors (Lipinski definition) is 1. The third-order valence-corrected chi connectivity index (χ3v) is 14.7. The minimum absolute atomic E-state index is 0.0300. The van der Waals surface area contributed by atoms with Crippen LogP contribution >= 0.6 is 7.82 Å². The highest BCUT2D eigenvalue weighted by Crippen LogP contribution is 2.38. The Morgan fingerprint density at radius 3 is 1.26 bits per heavy atom. The molecular weight excluding hydrogens is 988 g/mol. The Balaban J connectivity index is 5.11. The van der Waals surface area contributed by atoms with E-state index in [0.29, 0.717) is 30.3 Å². The van der Waals surface area contributed by atoms with Gasteiger partial charge in [-0.1, -0.05) is 247 Å². The number of allylic oxidation sites excluding steroid dienone is 15. The first-order valence-corrected chi connectivity index (χ1v) is 33.5. The minimum atomic E-state index is -4.71. The molecule has 0 saturated carbocycles. The molecule has 3 unspecified atom stereocenters. The third kappa shape index (κ3) is 57.6. The Morgan fingerprint density at radius 2 is 0.821 bits per heavy atom. The minimum Gasteiger partial charge on any atom is -0.756 e. The molecular formula is C68H121N2O7P. The van der Waals surface area contributed by atoms with Crippen molar-refractivity contribution in [2.75, 3.05) is 40.9 Å². The van der Waals surface area contributed by atoms with Gasteiger partial charge in [-0.05, 0) is 109 Å². The maximum absolute atomic E-state index is 13.5. The van der Waals surface area contributed by atoms with Gasteiger partial charge in [-0.25, -0.2) is 0 Å². The number of rotatable bonds is 57. The van der Waals surface area contributed by atoms with E-state index < -0.39 is 26.6 Å². The zero-order chi connectivity index (χ0) is 57.2. The molecule has 0 aliphatic carbocycles. The second-order valence-electron chi connectivity index (χ2n) is 22.5. The van der Waals surface area contributed by atoms with Gasteiger partial charge in [0, 0.05) is 12.8 Å². The van der Waals surface area contributed by atoms with E-state index in [1.54, 1.807) is 0 Å². The number of nitrogens with zero attached hydrogens (tertiary/aromatic N) is 1. The quantitative estimate of drug-likeness (QED) is 0.0212. The first kappa shape index (κ1) is 74.9. The van der Waals surface area contributed by atoms with Crippen LogP contribution in [0.2, 0.25) is 0 Å². The van der Waals surface area contributed by atoms with E-state index in [9.17, 15) is 19.0 Å². The molecule has 0 aromatic carbocycles. The van der Waals surface area contributed by atoms with Crippen molar-refractivity contribution in [3.63, 3.8) is 0 Å². The number of carbonyl (C=O) groups excluding carboxylic acids is 2. The first-order valence-electron chi connectivity index (χ1n) is 32.0. The zero-order valence-electron chi connectivity index (χ0n) is 51.3. The number of ether oxygens (including phenoxy) is 1. The molecule has 0 aliphatic heterocycles. The van der Waals surface area contributed by atoms with Gasteiger partial charge in [-0.15, -0.1) is 0 Å². The molecule has 78 heavy (non-hydrogen) atoms. The molecule has 0 saturated heterocycles. The summed E-state index contributed by atoms with van der Waals surface area (Å²) in [5.41, 5.74) is 0. The van der Waals surface area contributed by atoms with Crippen LogP contribution in [0, 0.1) is 0 Å². The van der Waals surface area contributed by atoms with Gasteiger partial charge in [0.25, 0.3) is 7.82 Å². The van der Waals surface area contributed by atoms with Gasteiger partial charge in [0.2, 0.25) is 5.91 Å². The Kier molecular flexibility index (Phi) is 54.9. The van der Waals surface area contributed by atoms with Crippen molar-refractivity contribution < 1.29 is 37.3 Å². The second-order valence-corrected chi connectivity index (χ2v) is 23.9. The van der Waals surface area contributed by atoms with Crippen molar-refractivity contribution in [1.82, 2.24) is 5.32 Å². The topological polar surface area (TPSA) is 114 Å². The number of carbonyl (C=O) groups is 2. The van der Waals surface area contributed by atoms with Crippen molar-refractivity contribution in [3.05, 3.63) is 97.2 Å². The van der Waals surface area contributed by atoms with Gasteiger partial charge in [-0.3, -0.25) is 14.2 Å². The van der Waals surface area contributed by atoms with Gasteiger partial charge < -0.3 is 28.5 Å². The monoisotopic (exact) mass is 1110 g/mol. The normalized spacial score (nSPS) is 14.3. The fraction of sp³-hybridized carbons (Fsp3) is 0.735. The highest BCUT2D eigenvalue weighted by atomic mass is 31.2. The molecule has 450 valence electrons. The molecule has 9 nitrogen and oxygen atoms in total. The van der Waals surface area contributed by atoms with E-state index in [-0.39, 0.29) is 24.9 Å². The smallest absolute Gasteiger partial charge is 0.306 e. The number of unbranched alkanes of at least 4 members (excludes halogenated alkanes) is 27. The van der Waals surface area contributed by atoms with Crippen LogP contribution in [0.3, 0.4) is 0 Å². The summed E-state index contributed by atoms with van der Waals surface area (Å²) in [7, 11) is 1.16. The van der Waals surface area contributed by atoms with Crippen LogP contribution in [0.15, 0.2) is 97.2 Å². The molecule has 0 aromatic heterocycles. The number of likely N-dealkylation sites (N-methyl/N-ethyl adjacent to an activating group) is 1. The molecule has 0 heterocycles. The highest BCUT2D eigenvalue weighted by molar-refractivity contribution is 7.45. The number of nitrogens with one attached hydrogen (secondary N) is 1. The molecule has 0 spiro atoms. The number of phosphoric ester groups is 1. The van der Waals surface area contributed by atoms with Crippen LogP contribution in [0.1, 0.15) is 271 Å². The summed E-state index contributed by atoms with van der Waals surface area (Å²) in [4.78, 5) is 40.0. The Labute approximate surface area is 481 Å². The number of amides is 1. The van der Waals surface area contributed by atoms with E-state index in [2.05, 4.69) is 111 Å². The Hall–Kier alpha value is -3.07. The molecule has 0 rings (SSSR count). The average Bonchev–Trinajstić information content (AvgIpc) is 3.40. The average molecular weight is 1110 g/mol. The molecule has 0 bridgehead atoms. The van der Waals surface area contributed by atoms with Gasteiger partial charge in [0.05, 0.1) is 33.8 Å². The summed E-state index contributed by atoms with van der Waals surface area (Å²) in [5.74, 6) is -0.572. The lowest BCUT2D eigenvalue weighted by Gasteiger charge is -2.30. The van der Waals surface area contributed by atoms with E-state index >= 15 is 0 Å². The van der Waals surface area contributed by atoms with Gasteiger partial charge >= 0.3 is 5.97 Å². The molecule has 0 radical (unpaired) electrons. The van der Waals surface area contributed by atoms with Crippen molar-refractivity contribution in [3.8, 4) is 0 Å². The van der Waals surface area contributed by atoms with E-state index in [0.717, 1.165) is 109 Å². The van der Waals surface area contributed by atoms with Gasteiger partial charge in [0.15, 0.2) is 0 Å². The second kappa shape index (κ2) is 57.2. The summed E-state index contributed by atoms with van der Waals surface area (Å²) < 4.78 is 30.3. The van der Waals surface area contributed by atoms with E-state index in [1.165, 1.54) is 116 Å². The van der Waals surface area contributed by atoms with Crippen molar-refractivity contribution in [2.24, 2.45) is 0 Å². The van der Waals surface area contributed by atoms with Crippen LogP contribution in [0.5, 0.6) is 0 Å². The SMILES string of the molecule is CC/C=C\C/C=C\C/C=C\C/C=C\C/C=C\C/C=C\CCCCCCCCCCC(=O)OC(/C=C\CCCCCCCCCCC)C(COP(=O)([O-])OCC[N+](C)(C)C)NC(=O)CCCCC/C=C\CCCCCCCCC. The van der Waals surface area contributed by atoms with Crippen molar-refractivity contribution in [1.29, 1.82) is 0 Å². The van der Waals surface area contributed by atoms with E-state index in [4.69, 9.17) is 13.8 Å². The molecule has 3 atom stereocenters. The standard InChI is InChI=1S/C68H121N2O7P/c1-7-10-13-16-19-22-25-27-29-30-31-32-33-34-35-36-37-38-39-40-41-43-46-49-52-55-58-61-68(72)77-66(59-56-53-50-47-44-24-21-18-15-12-9-3)65(64-76-78(73,74)75-63-62-70(4,5)6)69-67(71)60-57-54-51-48-45-42-28-26-23-20-17-14-11-8-2/h10,13,19,22,27,29,31-32,34-35,37-38,42,45,56,59,65-66H,7-9,11-12,14-18,20-21,23-26,28,30,33,36,39-41,43-44,46-55,57-58,60-64H2,1-6H3,(H-,69,71,73,74)/b13-10-,22-19-,29-27-,32-31-,35-34-,38-37-,45-42-,59-56-. The Morgan fingerprint density at radius 1 is 0.462 bits per heavy atom. The third-order valence-electron chi connectivity index (χ3n) is 13.7. The fourth-order valence-corrected chi connectivity index (χ4v) is 9.54. The van der Waals surface area contributed by atoms with E-state index in [1.807, 2.05) is 33.3 Å². The summed E-state index contributed by atoms with van der Waals surface area (Å²) in [6.45, 7) is 6.70. The lowest BCUT2D eigenvalue weighted by atomic mass is 10.1. The number of phosphoric acid groups is 1. The molecule has 10 heteroatoms. The van der Waals surface area contributed by atoms with Crippen LogP contribution in [0.4, 0.5) is 0 Å².